The zero-order chi connectivity index (χ0) is 21.5. The molecule has 0 aliphatic heterocycles. The molecule has 3 aromatic rings. The van der Waals surface area contributed by atoms with Gasteiger partial charge in [-0.05, 0) is 55.8 Å². The fourth-order valence-corrected chi connectivity index (χ4v) is 3.71. The number of aromatic nitrogens is 3. The molecule has 7 nitrogen and oxygen atoms in total. The second-order valence-electron chi connectivity index (χ2n) is 6.43. The number of anilines is 1. The van der Waals surface area contributed by atoms with Gasteiger partial charge in [-0.2, -0.15) is 0 Å². The highest BCUT2D eigenvalue weighted by atomic mass is 35.5. The van der Waals surface area contributed by atoms with Crippen molar-refractivity contribution in [1.82, 2.24) is 14.8 Å². The SMILES string of the molecule is CCn1c(COc2cc(C)ccc2Cl)nnc1SCC(=O)Nc1ccc(OC)cc1. The Balaban J connectivity index is 1.58. The number of ether oxygens (including phenoxy) is 2. The van der Waals surface area contributed by atoms with Crippen molar-refractivity contribution in [1.29, 1.82) is 0 Å². The lowest BCUT2D eigenvalue weighted by Crippen LogP contribution is -2.15. The van der Waals surface area contributed by atoms with Gasteiger partial charge in [0.05, 0.1) is 17.9 Å². The third-order valence-corrected chi connectivity index (χ3v) is 5.54. The first-order chi connectivity index (χ1) is 14.5. The first-order valence-corrected chi connectivity index (χ1v) is 10.7. The van der Waals surface area contributed by atoms with E-state index in [1.807, 2.05) is 30.5 Å². The number of rotatable bonds is 9. The van der Waals surface area contributed by atoms with Crippen LogP contribution in [0.5, 0.6) is 11.5 Å². The largest absolute Gasteiger partial charge is 0.497 e. The Morgan fingerprint density at radius 3 is 2.67 bits per heavy atom. The van der Waals surface area contributed by atoms with Crippen molar-refractivity contribution >= 4 is 35.0 Å². The van der Waals surface area contributed by atoms with Gasteiger partial charge in [-0.3, -0.25) is 4.79 Å². The molecule has 1 amide bonds. The summed E-state index contributed by atoms with van der Waals surface area (Å²) in [5.41, 5.74) is 1.77. The number of methoxy groups -OCH3 is 1. The maximum Gasteiger partial charge on any atom is 0.234 e. The van der Waals surface area contributed by atoms with Crippen LogP contribution < -0.4 is 14.8 Å². The first-order valence-electron chi connectivity index (χ1n) is 9.38. The van der Waals surface area contributed by atoms with Crippen molar-refractivity contribution in [3.8, 4) is 11.5 Å². The van der Waals surface area contributed by atoms with Gasteiger partial charge in [0.25, 0.3) is 0 Å². The molecule has 0 saturated carbocycles. The van der Waals surface area contributed by atoms with Crippen molar-refractivity contribution in [3.63, 3.8) is 0 Å². The summed E-state index contributed by atoms with van der Waals surface area (Å²) in [6.07, 6.45) is 0. The summed E-state index contributed by atoms with van der Waals surface area (Å²) >= 11 is 7.51. The number of benzene rings is 2. The van der Waals surface area contributed by atoms with Gasteiger partial charge in [-0.1, -0.05) is 29.4 Å². The van der Waals surface area contributed by atoms with E-state index in [0.29, 0.717) is 34.0 Å². The third kappa shape index (κ3) is 5.67. The Labute approximate surface area is 184 Å². The molecule has 0 fully saturated rings. The second kappa shape index (κ2) is 10.4. The van der Waals surface area contributed by atoms with Crippen LogP contribution in [0.4, 0.5) is 5.69 Å². The molecule has 0 aliphatic carbocycles. The monoisotopic (exact) mass is 446 g/mol. The average molecular weight is 447 g/mol. The summed E-state index contributed by atoms with van der Waals surface area (Å²) in [6, 6.07) is 12.8. The standard InChI is InChI=1S/C21H23ClN4O3S/c1-4-26-19(12-29-18-11-14(2)5-10-17(18)22)24-25-21(26)30-13-20(27)23-15-6-8-16(28-3)9-7-15/h5-11H,4,12-13H2,1-3H3,(H,23,27). The number of amides is 1. The van der Waals surface area contributed by atoms with Crippen LogP contribution in [0.25, 0.3) is 0 Å². The van der Waals surface area contributed by atoms with E-state index in [1.54, 1.807) is 37.4 Å². The van der Waals surface area contributed by atoms with Gasteiger partial charge >= 0.3 is 0 Å². The van der Waals surface area contributed by atoms with Crippen molar-refractivity contribution in [3.05, 3.63) is 58.9 Å². The predicted octanol–water partition coefficient (Wildman–Crippen LogP) is 4.58. The van der Waals surface area contributed by atoms with Gasteiger partial charge in [0.1, 0.15) is 18.1 Å². The van der Waals surface area contributed by atoms with E-state index in [2.05, 4.69) is 15.5 Å². The minimum atomic E-state index is -0.125. The number of hydrogen-bond acceptors (Lipinski definition) is 6. The number of aryl methyl sites for hydroxylation is 1. The topological polar surface area (TPSA) is 78.3 Å². The molecule has 1 N–H and O–H groups in total. The minimum Gasteiger partial charge on any atom is -0.497 e. The highest BCUT2D eigenvalue weighted by molar-refractivity contribution is 7.99. The molecule has 0 atom stereocenters. The Kier molecular flexibility index (Phi) is 7.59. The highest BCUT2D eigenvalue weighted by Crippen LogP contribution is 2.26. The van der Waals surface area contributed by atoms with Crippen LogP contribution in [-0.4, -0.2) is 33.5 Å². The van der Waals surface area contributed by atoms with Gasteiger partial charge < -0.3 is 19.4 Å². The van der Waals surface area contributed by atoms with E-state index in [4.69, 9.17) is 21.1 Å². The van der Waals surface area contributed by atoms with E-state index < -0.39 is 0 Å². The molecule has 0 radical (unpaired) electrons. The lowest BCUT2D eigenvalue weighted by molar-refractivity contribution is -0.113. The molecular formula is C21H23ClN4O3S. The van der Waals surface area contributed by atoms with E-state index in [-0.39, 0.29) is 18.3 Å². The Morgan fingerprint density at radius 1 is 1.20 bits per heavy atom. The molecule has 158 valence electrons. The maximum absolute atomic E-state index is 12.3. The van der Waals surface area contributed by atoms with Gasteiger partial charge in [-0.25, -0.2) is 0 Å². The number of hydrogen-bond donors (Lipinski definition) is 1. The van der Waals surface area contributed by atoms with Crippen molar-refractivity contribution < 1.29 is 14.3 Å². The number of nitrogens with one attached hydrogen (secondary N) is 1. The molecule has 0 saturated heterocycles. The summed E-state index contributed by atoms with van der Waals surface area (Å²) in [5.74, 6) is 2.11. The molecular weight excluding hydrogens is 424 g/mol. The summed E-state index contributed by atoms with van der Waals surface area (Å²) in [6.45, 7) is 4.87. The van der Waals surface area contributed by atoms with E-state index >= 15 is 0 Å². The zero-order valence-electron chi connectivity index (χ0n) is 17.0. The number of carbonyl (C=O) groups excluding carboxylic acids is 1. The van der Waals surface area contributed by atoms with E-state index in [9.17, 15) is 4.79 Å². The van der Waals surface area contributed by atoms with E-state index in [1.165, 1.54) is 11.8 Å². The van der Waals surface area contributed by atoms with Crippen LogP contribution in [0.15, 0.2) is 47.6 Å². The number of halogens is 1. The predicted molar refractivity (Wildman–Crippen MR) is 119 cm³/mol. The molecule has 3 rings (SSSR count). The van der Waals surface area contributed by atoms with Crippen LogP contribution in [-0.2, 0) is 17.9 Å². The molecule has 1 heterocycles. The van der Waals surface area contributed by atoms with Crippen LogP contribution in [0.3, 0.4) is 0 Å². The maximum atomic E-state index is 12.3. The van der Waals surface area contributed by atoms with Crippen molar-refractivity contribution in [2.45, 2.75) is 32.2 Å². The minimum absolute atomic E-state index is 0.125. The molecule has 0 bridgehead atoms. The lowest BCUT2D eigenvalue weighted by atomic mass is 10.2. The molecule has 2 aromatic carbocycles. The fraction of sp³-hybridized carbons (Fsp3) is 0.286. The summed E-state index contributed by atoms with van der Waals surface area (Å²) in [5, 5.41) is 12.5. The smallest absolute Gasteiger partial charge is 0.234 e. The average Bonchev–Trinajstić information content (AvgIpc) is 3.15. The van der Waals surface area contributed by atoms with Crippen molar-refractivity contribution in [2.75, 3.05) is 18.2 Å². The van der Waals surface area contributed by atoms with Crippen LogP contribution in [0.1, 0.15) is 18.3 Å². The summed E-state index contributed by atoms with van der Waals surface area (Å²) in [4.78, 5) is 12.3. The highest BCUT2D eigenvalue weighted by Gasteiger charge is 2.14. The summed E-state index contributed by atoms with van der Waals surface area (Å²) < 4.78 is 12.9. The quantitative estimate of drug-likeness (QED) is 0.485. The van der Waals surface area contributed by atoms with Crippen LogP contribution in [0, 0.1) is 6.92 Å². The number of thioether (sulfide) groups is 1. The number of carbonyl (C=O) groups is 1. The third-order valence-electron chi connectivity index (χ3n) is 4.26. The van der Waals surface area contributed by atoms with Crippen LogP contribution in [0.2, 0.25) is 5.02 Å². The Morgan fingerprint density at radius 2 is 1.97 bits per heavy atom. The molecule has 0 aliphatic rings. The molecule has 30 heavy (non-hydrogen) atoms. The number of nitrogens with zero attached hydrogens (tertiary/aromatic N) is 3. The Bertz CT molecular complexity index is 1010. The van der Waals surface area contributed by atoms with Gasteiger partial charge in [-0.15, -0.1) is 10.2 Å². The molecule has 9 heteroatoms. The molecule has 0 spiro atoms. The van der Waals surface area contributed by atoms with Gasteiger partial charge in [0.15, 0.2) is 11.0 Å². The normalized spacial score (nSPS) is 10.7. The van der Waals surface area contributed by atoms with Gasteiger partial charge in [0.2, 0.25) is 5.91 Å². The first kappa shape index (κ1) is 22.0. The zero-order valence-corrected chi connectivity index (χ0v) is 18.6. The van der Waals surface area contributed by atoms with Crippen molar-refractivity contribution in [2.24, 2.45) is 0 Å². The molecule has 0 unspecified atom stereocenters. The van der Waals surface area contributed by atoms with Crippen LogP contribution >= 0.6 is 23.4 Å². The summed E-state index contributed by atoms with van der Waals surface area (Å²) in [7, 11) is 1.60. The Hall–Kier alpha value is -2.71. The lowest BCUT2D eigenvalue weighted by Gasteiger charge is -2.10. The molecule has 1 aromatic heterocycles. The fourth-order valence-electron chi connectivity index (χ4n) is 2.72. The van der Waals surface area contributed by atoms with Gasteiger partial charge in [0, 0.05) is 12.2 Å². The second-order valence-corrected chi connectivity index (χ2v) is 7.78. The van der Waals surface area contributed by atoms with E-state index in [0.717, 1.165) is 11.3 Å².